The van der Waals surface area contributed by atoms with Crippen molar-refractivity contribution in [2.45, 2.75) is 6.18 Å². The molecule has 0 amide bonds. The maximum Gasteiger partial charge on any atom is 0.417 e. The van der Waals surface area contributed by atoms with Crippen molar-refractivity contribution in [1.82, 2.24) is 0 Å². The van der Waals surface area contributed by atoms with Gasteiger partial charge >= 0.3 is 6.18 Å². The molecule has 104 valence electrons. The van der Waals surface area contributed by atoms with Gasteiger partial charge in [-0.05, 0) is 23.8 Å². The van der Waals surface area contributed by atoms with Crippen molar-refractivity contribution in [3.05, 3.63) is 47.0 Å². The molecular formula is C14H10ClF3N2. The van der Waals surface area contributed by atoms with E-state index in [1.54, 1.807) is 18.2 Å². The van der Waals surface area contributed by atoms with E-state index >= 15 is 0 Å². The lowest BCUT2D eigenvalue weighted by Gasteiger charge is -2.13. The molecule has 3 rings (SSSR count). The number of hydrogen-bond acceptors (Lipinski definition) is 2. The van der Waals surface area contributed by atoms with Gasteiger partial charge in [0.05, 0.1) is 28.6 Å². The maximum absolute atomic E-state index is 12.9. The standard InChI is InChI=1S/C14H10ClF3N2/c15-13-9(2-1-3-10(13)14(16,17)18)8-4-5-11-12(6-8)20-7-19-11/h1-6,19-20H,7H2. The van der Waals surface area contributed by atoms with Crippen LogP contribution >= 0.6 is 11.6 Å². The molecule has 0 aliphatic carbocycles. The molecule has 1 heterocycles. The highest BCUT2D eigenvalue weighted by Crippen LogP contribution is 2.41. The second kappa shape index (κ2) is 4.59. The van der Waals surface area contributed by atoms with E-state index in [0.29, 0.717) is 17.8 Å². The van der Waals surface area contributed by atoms with Gasteiger partial charge in [0.1, 0.15) is 0 Å². The van der Waals surface area contributed by atoms with Crippen LogP contribution in [0.15, 0.2) is 36.4 Å². The molecule has 0 bridgehead atoms. The van der Waals surface area contributed by atoms with Crippen LogP contribution in [0.3, 0.4) is 0 Å². The third-order valence-corrected chi connectivity index (χ3v) is 3.60. The first-order valence-corrected chi connectivity index (χ1v) is 6.32. The number of rotatable bonds is 1. The number of hydrogen-bond donors (Lipinski definition) is 2. The minimum atomic E-state index is -4.45. The van der Waals surface area contributed by atoms with Crippen LogP contribution < -0.4 is 10.6 Å². The van der Waals surface area contributed by atoms with Gasteiger partial charge < -0.3 is 10.6 Å². The minimum absolute atomic E-state index is 0.272. The minimum Gasteiger partial charge on any atom is -0.366 e. The summed E-state index contributed by atoms with van der Waals surface area (Å²) in [5, 5.41) is 5.93. The molecule has 0 radical (unpaired) electrons. The lowest BCUT2D eigenvalue weighted by molar-refractivity contribution is -0.137. The van der Waals surface area contributed by atoms with E-state index < -0.39 is 11.7 Å². The van der Waals surface area contributed by atoms with Crippen molar-refractivity contribution in [2.24, 2.45) is 0 Å². The summed E-state index contributed by atoms with van der Waals surface area (Å²) in [6.07, 6.45) is -4.45. The molecule has 0 fully saturated rings. The van der Waals surface area contributed by atoms with Crippen LogP contribution in [0.4, 0.5) is 24.5 Å². The zero-order chi connectivity index (χ0) is 14.3. The number of nitrogens with one attached hydrogen (secondary N) is 2. The molecular weight excluding hydrogens is 289 g/mol. The van der Waals surface area contributed by atoms with Crippen molar-refractivity contribution in [1.29, 1.82) is 0 Å². The quantitative estimate of drug-likeness (QED) is 0.788. The summed E-state index contributed by atoms with van der Waals surface area (Å²) in [7, 11) is 0. The Labute approximate surface area is 118 Å². The van der Waals surface area contributed by atoms with Crippen molar-refractivity contribution >= 4 is 23.0 Å². The second-order valence-corrected chi connectivity index (χ2v) is 4.83. The largest absolute Gasteiger partial charge is 0.417 e. The monoisotopic (exact) mass is 298 g/mol. The Balaban J connectivity index is 2.11. The summed E-state index contributed by atoms with van der Waals surface area (Å²) in [6, 6.07) is 9.29. The summed E-state index contributed by atoms with van der Waals surface area (Å²) < 4.78 is 38.6. The van der Waals surface area contributed by atoms with Crippen LogP contribution in [-0.4, -0.2) is 6.67 Å². The van der Waals surface area contributed by atoms with Crippen LogP contribution in [-0.2, 0) is 6.18 Å². The number of benzene rings is 2. The summed E-state index contributed by atoms with van der Waals surface area (Å²) in [5.74, 6) is 0. The number of alkyl halides is 3. The van der Waals surface area contributed by atoms with Gasteiger partial charge in [-0.25, -0.2) is 0 Å². The fourth-order valence-corrected chi connectivity index (χ4v) is 2.56. The summed E-state index contributed by atoms with van der Waals surface area (Å²) in [6.45, 7) is 0.606. The zero-order valence-electron chi connectivity index (χ0n) is 10.2. The van der Waals surface area contributed by atoms with Crippen molar-refractivity contribution in [2.75, 3.05) is 17.3 Å². The zero-order valence-corrected chi connectivity index (χ0v) is 10.9. The normalized spacial score (nSPS) is 13.6. The molecule has 2 N–H and O–H groups in total. The molecule has 0 unspecified atom stereocenters. The smallest absolute Gasteiger partial charge is 0.366 e. The fraction of sp³-hybridized carbons (Fsp3) is 0.143. The Morgan fingerprint density at radius 3 is 2.50 bits per heavy atom. The van der Waals surface area contributed by atoms with E-state index in [2.05, 4.69) is 10.6 Å². The third kappa shape index (κ3) is 2.18. The Hall–Kier alpha value is -1.88. The fourth-order valence-electron chi connectivity index (χ4n) is 2.22. The average Bonchev–Trinajstić information content (AvgIpc) is 2.84. The summed E-state index contributed by atoms with van der Waals surface area (Å²) in [4.78, 5) is 0. The van der Waals surface area contributed by atoms with E-state index in [-0.39, 0.29) is 5.02 Å². The maximum atomic E-state index is 12.9. The third-order valence-electron chi connectivity index (χ3n) is 3.19. The van der Waals surface area contributed by atoms with Crippen molar-refractivity contribution in [3.8, 4) is 11.1 Å². The second-order valence-electron chi connectivity index (χ2n) is 4.46. The van der Waals surface area contributed by atoms with E-state index in [1.165, 1.54) is 6.07 Å². The molecule has 2 aromatic carbocycles. The first kappa shape index (κ1) is 13.1. The van der Waals surface area contributed by atoms with Gasteiger partial charge in [0, 0.05) is 5.56 Å². The molecule has 0 spiro atoms. The van der Waals surface area contributed by atoms with Crippen molar-refractivity contribution in [3.63, 3.8) is 0 Å². The summed E-state index contributed by atoms with van der Waals surface area (Å²) >= 11 is 5.92. The highest BCUT2D eigenvalue weighted by Gasteiger charge is 2.34. The van der Waals surface area contributed by atoms with Gasteiger partial charge in [-0.3, -0.25) is 0 Å². The lowest BCUT2D eigenvalue weighted by atomic mass is 10.0. The van der Waals surface area contributed by atoms with Gasteiger partial charge in [-0.15, -0.1) is 0 Å². The predicted molar refractivity (Wildman–Crippen MR) is 74.0 cm³/mol. The average molecular weight is 299 g/mol. The summed E-state index contributed by atoms with van der Waals surface area (Å²) in [5.41, 5.74) is 1.99. The van der Waals surface area contributed by atoms with Crippen LogP contribution in [0.5, 0.6) is 0 Å². The molecule has 2 aromatic rings. The van der Waals surface area contributed by atoms with Crippen LogP contribution in [0.1, 0.15) is 5.56 Å². The molecule has 0 aromatic heterocycles. The Bertz CT molecular complexity index is 668. The van der Waals surface area contributed by atoms with E-state index in [0.717, 1.165) is 17.4 Å². The Kier molecular flexibility index (Phi) is 3.01. The molecule has 0 saturated carbocycles. The molecule has 1 aliphatic heterocycles. The Morgan fingerprint density at radius 2 is 1.75 bits per heavy atom. The highest BCUT2D eigenvalue weighted by molar-refractivity contribution is 6.34. The number of halogens is 4. The van der Waals surface area contributed by atoms with Gasteiger partial charge in [0.2, 0.25) is 0 Å². The van der Waals surface area contributed by atoms with Gasteiger partial charge in [-0.1, -0.05) is 29.8 Å². The number of fused-ring (bicyclic) bond motifs is 1. The number of anilines is 2. The van der Waals surface area contributed by atoms with Crippen LogP contribution in [0.2, 0.25) is 5.02 Å². The molecule has 20 heavy (non-hydrogen) atoms. The topological polar surface area (TPSA) is 24.1 Å². The van der Waals surface area contributed by atoms with Crippen LogP contribution in [0, 0.1) is 0 Å². The molecule has 0 saturated heterocycles. The molecule has 2 nitrogen and oxygen atoms in total. The van der Waals surface area contributed by atoms with Gasteiger partial charge in [0.25, 0.3) is 0 Å². The van der Waals surface area contributed by atoms with Gasteiger partial charge in [0.15, 0.2) is 0 Å². The van der Waals surface area contributed by atoms with E-state index in [4.69, 9.17) is 11.6 Å². The lowest BCUT2D eigenvalue weighted by Crippen LogP contribution is -2.06. The molecule has 6 heteroatoms. The first-order valence-electron chi connectivity index (χ1n) is 5.95. The predicted octanol–water partition coefficient (Wildman–Crippen LogP) is 4.82. The molecule has 0 atom stereocenters. The first-order chi connectivity index (χ1) is 9.47. The van der Waals surface area contributed by atoms with Crippen LogP contribution in [0.25, 0.3) is 11.1 Å². The molecule has 1 aliphatic rings. The van der Waals surface area contributed by atoms with Crippen molar-refractivity contribution < 1.29 is 13.2 Å². The van der Waals surface area contributed by atoms with E-state index in [9.17, 15) is 13.2 Å². The van der Waals surface area contributed by atoms with Gasteiger partial charge in [-0.2, -0.15) is 13.2 Å². The highest BCUT2D eigenvalue weighted by atomic mass is 35.5. The Morgan fingerprint density at radius 1 is 1.00 bits per heavy atom. The SMILES string of the molecule is FC(F)(F)c1cccc(-c2ccc3c(c2)NCN3)c1Cl. The van der Waals surface area contributed by atoms with E-state index in [1.807, 2.05) is 6.07 Å².